The van der Waals surface area contributed by atoms with Crippen LogP contribution in [-0.4, -0.2) is 35.2 Å². The second-order valence-corrected chi connectivity index (χ2v) is 6.74. The predicted molar refractivity (Wildman–Crippen MR) is 80.6 cm³/mol. The van der Waals surface area contributed by atoms with Gasteiger partial charge in [0.25, 0.3) is 0 Å². The molecule has 1 aromatic rings. The van der Waals surface area contributed by atoms with Gasteiger partial charge in [0.05, 0.1) is 5.60 Å². The van der Waals surface area contributed by atoms with Gasteiger partial charge in [-0.2, -0.15) is 0 Å². The molecule has 1 aromatic carbocycles. The van der Waals surface area contributed by atoms with E-state index in [0.717, 1.165) is 38.0 Å². The number of benzene rings is 1. The highest BCUT2D eigenvalue weighted by atomic mass is 35.5. The number of rotatable bonds is 4. The van der Waals surface area contributed by atoms with Crippen LogP contribution >= 0.6 is 11.6 Å². The molecule has 1 saturated heterocycles. The topological polar surface area (TPSA) is 23.5 Å². The molecule has 0 aromatic heterocycles. The maximum atomic E-state index is 13.0. The standard InChI is InChI=1S/C16H23ClFNO/c1-12(2)11-19-7-5-16(20,6-8-19)10-13-3-4-14(18)9-15(13)17/h3-4,9,12,20H,5-8,10-11H2,1-2H3. The molecule has 0 spiro atoms. The van der Waals surface area contributed by atoms with E-state index < -0.39 is 5.60 Å². The lowest BCUT2D eigenvalue weighted by Gasteiger charge is -2.39. The van der Waals surface area contributed by atoms with Gasteiger partial charge in [-0.3, -0.25) is 0 Å². The van der Waals surface area contributed by atoms with E-state index in [2.05, 4.69) is 18.7 Å². The Bertz CT molecular complexity index is 456. The van der Waals surface area contributed by atoms with Gasteiger partial charge in [-0.1, -0.05) is 31.5 Å². The molecular formula is C16H23ClFNO. The van der Waals surface area contributed by atoms with Crippen LogP contribution in [-0.2, 0) is 6.42 Å². The Balaban J connectivity index is 1.96. The van der Waals surface area contributed by atoms with Crippen molar-refractivity contribution in [2.75, 3.05) is 19.6 Å². The van der Waals surface area contributed by atoms with Crippen LogP contribution in [0.2, 0.25) is 5.02 Å². The highest BCUT2D eigenvalue weighted by Gasteiger charge is 2.33. The van der Waals surface area contributed by atoms with Crippen LogP contribution in [0.15, 0.2) is 18.2 Å². The summed E-state index contributed by atoms with van der Waals surface area (Å²) in [5.41, 5.74) is 0.113. The summed E-state index contributed by atoms with van der Waals surface area (Å²) in [5, 5.41) is 11.1. The molecule has 112 valence electrons. The normalized spacial score (nSPS) is 19.5. The molecule has 0 saturated carbocycles. The summed E-state index contributed by atoms with van der Waals surface area (Å²) in [6.45, 7) is 7.31. The third-order valence-corrected chi connectivity index (χ3v) is 4.30. The van der Waals surface area contributed by atoms with Gasteiger partial charge in [0.2, 0.25) is 0 Å². The van der Waals surface area contributed by atoms with Gasteiger partial charge in [0.1, 0.15) is 5.82 Å². The van der Waals surface area contributed by atoms with Crippen molar-refractivity contribution in [2.45, 2.75) is 38.7 Å². The Hall–Kier alpha value is -0.640. The summed E-state index contributed by atoms with van der Waals surface area (Å²) < 4.78 is 13.0. The summed E-state index contributed by atoms with van der Waals surface area (Å²) in [4.78, 5) is 2.39. The summed E-state index contributed by atoms with van der Waals surface area (Å²) in [6, 6.07) is 4.39. The van der Waals surface area contributed by atoms with E-state index in [9.17, 15) is 9.50 Å². The Morgan fingerprint density at radius 1 is 1.35 bits per heavy atom. The Morgan fingerprint density at radius 2 is 2.00 bits per heavy atom. The summed E-state index contributed by atoms with van der Waals surface area (Å²) in [5.74, 6) is 0.310. The zero-order valence-corrected chi connectivity index (χ0v) is 13.0. The highest BCUT2D eigenvalue weighted by molar-refractivity contribution is 6.31. The third kappa shape index (κ3) is 4.18. The molecule has 1 heterocycles. The van der Waals surface area contributed by atoms with Crippen LogP contribution in [0.25, 0.3) is 0 Å². The van der Waals surface area contributed by atoms with E-state index in [1.165, 1.54) is 12.1 Å². The number of piperidine rings is 1. The molecule has 20 heavy (non-hydrogen) atoms. The summed E-state index contributed by atoms with van der Waals surface area (Å²) >= 11 is 6.05. The van der Waals surface area contributed by atoms with Gasteiger partial charge in [-0.25, -0.2) is 4.39 Å². The highest BCUT2D eigenvalue weighted by Crippen LogP contribution is 2.29. The van der Waals surface area contributed by atoms with Crippen LogP contribution < -0.4 is 0 Å². The van der Waals surface area contributed by atoms with Crippen molar-refractivity contribution in [3.05, 3.63) is 34.6 Å². The van der Waals surface area contributed by atoms with Crippen LogP contribution in [0.3, 0.4) is 0 Å². The average molecular weight is 300 g/mol. The first-order chi connectivity index (χ1) is 9.38. The van der Waals surface area contributed by atoms with Gasteiger partial charge >= 0.3 is 0 Å². The number of aliphatic hydroxyl groups is 1. The fourth-order valence-corrected chi connectivity index (χ4v) is 3.10. The van der Waals surface area contributed by atoms with Crippen LogP contribution in [0.4, 0.5) is 4.39 Å². The number of hydrogen-bond acceptors (Lipinski definition) is 2. The second-order valence-electron chi connectivity index (χ2n) is 6.33. The van der Waals surface area contributed by atoms with Crippen LogP contribution in [0.5, 0.6) is 0 Å². The smallest absolute Gasteiger partial charge is 0.124 e. The van der Waals surface area contributed by atoms with Crippen molar-refractivity contribution in [2.24, 2.45) is 5.92 Å². The monoisotopic (exact) mass is 299 g/mol. The lowest BCUT2D eigenvalue weighted by molar-refractivity contribution is -0.0227. The molecule has 1 aliphatic rings. The molecule has 1 aliphatic heterocycles. The summed E-state index contributed by atoms with van der Waals surface area (Å²) in [6.07, 6.45) is 1.99. The average Bonchev–Trinajstić information content (AvgIpc) is 2.36. The molecule has 0 amide bonds. The second kappa shape index (κ2) is 6.42. The molecule has 2 rings (SSSR count). The Labute approximate surface area is 125 Å². The molecular weight excluding hydrogens is 277 g/mol. The third-order valence-electron chi connectivity index (χ3n) is 3.94. The molecule has 0 unspecified atom stereocenters. The minimum Gasteiger partial charge on any atom is -0.389 e. The minimum atomic E-state index is -0.713. The lowest BCUT2D eigenvalue weighted by Crippen LogP contribution is -2.46. The van der Waals surface area contributed by atoms with E-state index in [1.54, 1.807) is 6.07 Å². The van der Waals surface area contributed by atoms with Gasteiger partial charge in [-0.05, 0) is 36.5 Å². The van der Waals surface area contributed by atoms with E-state index in [4.69, 9.17) is 11.6 Å². The van der Waals surface area contributed by atoms with Gasteiger partial charge in [0, 0.05) is 31.1 Å². The molecule has 0 aliphatic carbocycles. The number of likely N-dealkylation sites (tertiary alicyclic amines) is 1. The molecule has 0 radical (unpaired) electrons. The van der Waals surface area contributed by atoms with E-state index in [-0.39, 0.29) is 5.82 Å². The molecule has 4 heteroatoms. The maximum Gasteiger partial charge on any atom is 0.124 e. The van der Waals surface area contributed by atoms with Crippen molar-refractivity contribution in [3.8, 4) is 0 Å². The zero-order chi connectivity index (χ0) is 14.8. The van der Waals surface area contributed by atoms with E-state index in [0.29, 0.717) is 17.4 Å². The van der Waals surface area contributed by atoms with Crippen molar-refractivity contribution in [1.82, 2.24) is 4.90 Å². The Morgan fingerprint density at radius 3 is 2.55 bits per heavy atom. The molecule has 1 fully saturated rings. The van der Waals surface area contributed by atoms with E-state index in [1.807, 2.05) is 0 Å². The van der Waals surface area contributed by atoms with Crippen molar-refractivity contribution in [1.29, 1.82) is 0 Å². The fraction of sp³-hybridized carbons (Fsp3) is 0.625. The molecule has 0 bridgehead atoms. The van der Waals surface area contributed by atoms with E-state index >= 15 is 0 Å². The van der Waals surface area contributed by atoms with Crippen LogP contribution in [0, 0.1) is 11.7 Å². The van der Waals surface area contributed by atoms with Crippen molar-refractivity contribution < 1.29 is 9.50 Å². The minimum absolute atomic E-state index is 0.336. The first-order valence-corrected chi connectivity index (χ1v) is 7.64. The molecule has 2 nitrogen and oxygen atoms in total. The maximum absolute atomic E-state index is 13.0. The first kappa shape index (κ1) is 15.7. The van der Waals surface area contributed by atoms with Gasteiger partial charge in [0.15, 0.2) is 0 Å². The summed E-state index contributed by atoms with van der Waals surface area (Å²) in [7, 11) is 0. The predicted octanol–water partition coefficient (Wildman–Crippen LogP) is 3.50. The molecule has 1 N–H and O–H groups in total. The quantitative estimate of drug-likeness (QED) is 0.920. The van der Waals surface area contributed by atoms with Crippen LogP contribution in [0.1, 0.15) is 32.3 Å². The Kier molecular flexibility index (Phi) is 5.05. The fourth-order valence-electron chi connectivity index (χ4n) is 2.86. The number of nitrogens with zero attached hydrogens (tertiary/aromatic N) is 1. The lowest BCUT2D eigenvalue weighted by atomic mass is 9.85. The van der Waals surface area contributed by atoms with Gasteiger partial charge in [-0.15, -0.1) is 0 Å². The zero-order valence-electron chi connectivity index (χ0n) is 12.2. The number of hydrogen-bond donors (Lipinski definition) is 1. The van der Waals surface area contributed by atoms with Crippen molar-refractivity contribution >= 4 is 11.6 Å². The van der Waals surface area contributed by atoms with Gasteiger partial charge < -0.3 is 10.0 Å². The largest absolute Gasteiger partial charge is 0.389 e. The SMILES string of the molecule is CC(C)CN1CCC(O)(Cc2ccc(F)cc2Cl)CC1. The molecule has 0 atom stereocenters. The number of halogens is 2. The first-order valence-electron chi connectivity index (χ1n) is 7.27. The van der Waals surface area contributed by atoms with Crippen molar-refractivity contribution in [3.63, 3.8) is 0 Å².